The Morgan fingerprint density at radius 3 is 2.83 bits per heavy atom. The maximum atomic E-state index is 12.5. The largest absolute Gasteiger partial charge is 0.332 e. The summed E-state index contributed by atoms with van der Waals surface area (Å²) in [5.41, 5.74) is 0. The zero-order chi connectivity index (χ0) is 13.1. The minimum Gasteiger partial charge on any atom is -0.332 e. The molecular formula is C13H19ClN2OS. The maximum absolute atomic E-state index is 12.5. The number of nitrogens with zero attached hydrogens (tertiary/aromatic N) is 1. The minimum absolute atomic E-state index is 0.124. The first-order valence-corrected chi connectivity index (χ1v) is 7.64. The lowest BCUT2D eigenvalue weighted by atomic mass is 10.0. The molecule has 0 saturated carbocycles. The second-order valence-electron chi connectivity index (χ2n) is 4.64. The van der Waals surface area contributed by atoms with Gasteiger partial charge in [-0.1, -0.05) is 25.4 Å². The topological polar surface area (TPSA) is 32.3 Å². The Hall–Kier alpha value is -0.580. The molecule has 5 heteroatoms. The molecule has 1 aromatic heterocycles. The van der Waals surface area contributed by atoms with Gasteiger partial charge in [-0.05, 0) is 25.0 Å². The average Bonchev–Trinajstić information content (AvgIpc) is 2.83. The molecular weight excluding hydrogens is 268 g/mol. The van der Waals surface area contributed by atoms with E-state index in [0.717, 1.165) is 30.8 Å². The van der Waals surface area contributed by atoms with Gasteiger partial charge in [0.25, 0.3) is 5.91 Å². The van der Waals surface area contributed by atoms with Gasteiger partial charge in [-0.25, -0.2) is 0 Å². The van der Waals surface area contributed by atoms with Crippen molar-refractivity contribution in [1.82, 2.24) is 10.2 Å². The predicted molar refractivity (Wildman–Crippen MR) is 76.5 cm³/mol. The second kappa shape index (κ2) is 6.04. The molecule has 2 rings (SSSR count). The fraction of sp³-hybridized carbons (Fsp3) is 0.615. The van der Waals surface area contributed by atoms with Crippen LogP contribution in [-0.2, 0) is 0 Å². The van der Waals surface area contributed by atoms with Crippen molar-refractivity contribution in [2.45, 2.75) is 38.8 Å². The number of rotatable bonds is 3. The van der Waals surface area contributed by atoms with Crippen LogP contribution in [0.4, 0.5) is 0 Å². The number of carbonyl (C=O) groups excluding carboxylic acids is 1. The Morgan fingerprint density at radius 2 is 2.28 bits per heavy atom. The zero-order valence-electron chi connectivity index (χ0n) is 10.8. The molecule has 0 spiro atoms. The molecule has 0 radical (unpaired) electrons. The summed E-state index contributed by atoms with van der Waals surface area (Å²) in [5, 5.41) is 3.49. The van der Waals surface area contributed by atoms with E-state index in [-0.39, 0.29) is 5.91 Å². The third-order valence-electron chi connectivity index (χ3n) is 3.51. The molecule has 0 aromatic carbocycles. The monoisotopic (exact) mass is 286 g/mol. The Bertz CT molecular complexity index is 421. The first-order valence-electron chi connectivity index (χ1n) is 6.45. The summed E-state index contributed by atoms with van der Waals surface area (Å²) in [6.45, 7) is 5.96. The van der Waals surface area contributed by atoms with E-state index in [4.69, 9.17) is 11.6 Å². The normalized spacial score (nSPS) is 24.3. The number of nitrogens with one attached hydrogen (secondary N) is 1. The summed E-state index contributed by atoms with van der Waals surface area (Å²) < 4.78 is 0.675. The maximum Gasteiger partial charge on any atom is 0.264 e. The van der Waals surface area contributed by atoms with Crippen LogP contribution in [0.2, 0.25) is 4.34 Å². The van der Waals surface area contributed by atoms with E-state index in [1.807, 2.05) is 11.0 Å². The molecule has 18 heavy (non-hydrogen) atoms. The minimum atomic E-state index is 0.124. The number of halogens is 1. The van der Waals surface area contributed by atoms with Crippen molar-refractivity contribution >= 4 is 28.8 Å². The number of hydrogen-bond acceptors (Lipinski definition) is 3. The van der Waals surface area contributed by atoms with E-state index < -0.39 is 0 Å². The summed E-state index contributed by atoms with van der Waals surface area (Å²) in [6.07, 6.45) is 2.03. The Morgan fingerprint density at radius 1 is 1.50 bits per heavy atom. The van der Waals surface area contributed by atoms with Gasteiger partial charge < -0.3 is 10.2 Å². The fourth-order valence-electron chi connectivity index (χ4n) is 2.32. The van der Waals surface area contributed by atoms with E-state index in [1.165, 1.54) is 11.3 Å². The first-order chi connectivity index (χ1) is 8.65. The molecule has 1 aliphatic rings. The van der Waals surface area contributed by atoms with Crippen LogP contribution >= 0.6 is 22.9 Å². The highest BCUT2D eigenvalue weighted by atomic mass is 35.5. The van der Waals surface area contributed by atoms with E-state index in [0.29, 0.717) is 16.4 Å². The van der Waals surface area contributed by atoms with E-state index in [1.54, 1.807) is 6.07 Å². The first kappa shape index (κ1) is 13.8. The molecule has 1 aromatic rings. The molecule has 2 unspecified atom stereocenters. The lowest BCUT2D eigenvalue weighted by molar-refractivity contribution is 0.0581. The van der Waals surface area contributed by atoms with Crippen molar-refractivity contribution in [2.75, 3.05) is 13.1 Å². The molecule has 1 aliphatic heterocycles. The van der Waals surface area contributed by atoms with Crippen molar-refractivity contribution in [3.8, 4) is 0 Å². The van der Waals surface area contributed by atoms with Crippen molar-refractivity contribution in [3.63, 3.8) is 0 Å². The van der Waals surface area contributed by atoms with Crippen molar-refractivity contribution in [3.05, 3.63) is 21.3 Å². The third kappa shape index (κ3) is 2.87. The fourth-order valence-corrected chi connectivity index (χ4v) is 3.32. The van der Waals surface area contributed by atoms with Crippen molar-refractivity contribution in [2.24, 2.45) is 0 Å². The van der Waals surface area contributed by atoms with Crippen LogP contribution in [0.15, 0.2) is 12.1 Å². The van der Waals surface area contributed by atoms with Crippen LogP contribution in [0, 0.1) is 0 Å². The van der Waals surface area contributed by atoms with Crippen molar-refractivity contribution in [1.29, 1.82) is 0 Å². The van der Waals surface area contributed by atoms with Crippen LogP contribution in [0.1, 0.15) is 36.4 Å². The lowest BCUT2D eigenvalue weighted by Crippen LogP contribution is -2.57. The highest BCUT2D eigenvalue weighted by Gasteiger charge is 2.30. The predicted octanol–water partition coefficient (Wildman–Crippen LogP) is 3.00. The highest BCUT2D eigenvalue weighted by Crippen LogP contribution is 2.24. The molecule has 2 heterocycles. The quantitative estimate of drug-likeness (QED) is 0.926. The van der Waals surface area contributed by atoms with E-state index in [9.17, 15) is 4.79 Å². The van der Waals surface area contributed by atoms with Crippen LogP contribution in [0.25, 0.3) is 0 Å². The number of piperazine rings is 1. The van der Waals surface area contributed by atoms with Gasteiger partial charge in [-0.3, -0.25) is 4.79 Å². The Kier molecular flexibility index (Phi) is 4.65. The number of thiophene rings is 1. The molecule has 1 N–H and O–H groups in total. The smallest absolute Gasteiger partial charge is 0.264 e. The van der Waals surface area contributed by atoms with Gasteiger partial charge >= 0.3 is 0 Å². The summed E-state index contributed by atoms with van der Waals surface area (Å²) in [4.78, 5) is 15.2. The molecule has 100 valence electrons. The van der Waals surface area contributed by atoms with Crippen LogP contribution in [0.3, 0.4) is 0 Å². The summed E-state index contributed by atoms with van der Waals surface area (Å²) >= 11 is 7.27. The van der Waals surface area contributed by atoms with Crippen LogP contribution in [-0.4, -0.2) is 36.0 Å². The van der Waals surface area contributed by atoms with Gasteiger partial charge in [0, 0.05) is 25.2 Å². The highest BCUT2D eigenvalue weighted by molar-refractivity contribution is 7.17. The summed E-state index contributed by atoms with van der Waals surface area (Å²) in [6, 6.07) is 4.32. The van der Waals surface area contributed by atoms with Gasteiger partial charge in [-0.2, -0.15) is 0 Å². The Labute approximate surface area is 117 Å². The molecule has 0 bridgehead atoms. The molecule has 2 atom stereocenters. The Balaban J connectivity index is 2.14. The second-order valence-corrected chi connectivity index (χ2v) is 6.35. The van der Waals surface area contributed by atoms with Gasteiger partial charge in [0.2, 0.25) is 0 Å². The summed E-state index contributed by atoms with van der Waals surface area (Å²) in [5.74, 6) is 0.124. The van der Waals surface area contributed by atoms with Gasteiger partial charge in [-0.15, -0.1) is 11.3 Å². The van der Waals surface area contributed by atoms with Crippen molar-refractivity contribution < 1.29 is 4.79 Å². The van der Waals surface area contributed by atoms with Crippen LogP contribution < -0.4 is 5.32 Å². The van der Waals surface area contributed by atoms with Crippen LogP contribution in [0.5, 0.6) is 0 Å². The molecule has 1 amide bonds. The lowest BCUT2D eigenvalue weighted by Gasteiger charge is -2.39. The van der Waals surface area contributed by atoms with E-state index >= 15 is 0 Å². The number of amides is 1. The van der Waals surface area contributed by atoms with Gasteiger partial charge in [0.15, 0.2) is 0 Å². The third-order valence-corrected chi connectivity index (χ3v) is 4.73. The van der Waals surface area contributed by atoms with E-state index in [2.05, 4.69) is 19.2 Å². The number of carbonyl (C=O) groups is 1. The zero-order valence-corrected chi connectivity index (χ0v) is 12.4. The average molecular weight is 287 g/mol. The van der Waals surface area contributed by atoms with Gasteiger partial charge in [0.05, 0.1) is 9.21 Å². The molecule has 0 aliphatic carbocycles. The molecule has 1 fully saturated rings. The molecule has 1 saturated heterocycles. The number of hydrogen-bond donors (Lipinski definition) is 1. The SMILES string of the molecule is CCC1CN(C(=O)c2ccc(Cl)s2)C(CC)CN1. The van der Waals surface area contributed by atoms with Gasteiger partial charge in [0.1, 0.15) is 0 Å². The standard InChI is InChI=1S/C13H19ClN2OS/c1-3-9-8-16(10(4-2)7-15-9)13(17)11-5-6-12(14)18-11/h5-6,9-10,15H,3-4,7-8H2,1-2H3. The summed E-state index contributed by atoms with van der Waals surface area (Å²) in [7, 11) is 0. The molecule has 3 nitrogen and oxygen atoms in total.